The van der Waals surface area contributed by atoms with Gasteiger partial charge in [0.05, 0.1) is 15.5 Å². The second-order valence-corrected chi connectivity index (χ2v) is 10.6. The zero-order valence-corrected chi connectivity index (χ0v) is 19.8. The third-order valence-corrected chi connectivity index (χ3v) is 8.37. The van der Waals surface area contributed by atoms with E-state index in [9.17, 15) is 22.4 Å². The first kappa shape index (κ1) is 23.7. The number of nitrogens with zero attached hydrogens (tertiary/aromatic N) is 3. The molecule has 0 unspecified atom stereocenters. The summed E-state index contributed by atoms with van der Waals surface area (Å²) < 4.78 is 41.0. The number of aryl methyl sites for hydroxylation is 1. The number of hydrogen-bond acceptors (Lipinski definition) is 4. The highest BCUT2D eigenvalue weighted by atomic mass is 35.5. The molecule has 0 bridgehead atoms. The molecule has 2 amide bonds. The van der Waals surface area contributed by atoms with Crippen LogP contribution in [0.5, 0.6) is 0 Å². The van der Waals surface area contributed by atoms with Gasteiger partial charge < -0.3 is 9.80 Å². The Labute approximate surface area is 197 Å². The smallest absolute Gasteiger partial charge is 0.255 e. The Bertz CT molecular complexity index is 1190. The minimum atomic E-state index is -3.68. The lowest BCUT2D eigenvalue weighted by Crippen LogP contribution is -2.50. The molecule has 0 aliphatic carbocycles. The van der Waals surface area contributed by atoms with Crippen LogP contribution in [-0.2, 0) is 10.0 Å². The number of carbonyl (C=O) groups is 2. The number of rotatable bonds is 4. The number of carbonyl (C=O) groups excluding carboxylic acids is 2. The van der Waals surface area contributed by atoms with E-state index in [0.717, 1.165) is 12.8 Å². The molecule has 2 aliphatic heterocycles. The number of piperazine rings is 1. The summed E-state index contributed by atoms with van der Waals surface area (Å²) in [5.41, 5.74) is 0.853. The highest BCUT2D eigenvalue weighted by molar-refractivity contribution is 7.89. The van der Waals surface area contributed by atoms with E-state index in [0.29, 0.717) is 18.7 Å². The van der Waals surface area contributed by atoms with Gasteiger partial charge in [-0.25, -0.2) is 12.8 Å². The number of sulfonamides is 1. The van der Waals surface area contributed by atoms with Crippen LogP contribution in [0.1, 0.15) is 39.1 Å². The molecule has 0 spiro atoms. The molecule has 2 saturated heterocycles. The molecular weight excluding hydrogens is 469 g/mol. The summed E-state index contributed by atoms with van der Waals surface area (Å²) in [5.74, 6) is -1.11. The fourth-order valence-electron chi connectivity index (χ4n) is 4.10. The molecule has 2 aliphatic rings. The number of benzene rings is 2. The zero-order valence-electron chi connectivity index (χ0n) is 18.3. The highest BCUT2D eigenvalue weighted by Crippen LogP contribution is 2.26. The molecule has 176 valence electrons. The van der Waals surface area contributed by atoms with Gasteiger partial charge >= 0.3 is 0 Å². The summed E-state index contributed by atoms with van der Waals surface area (Å²) in [4.78, 5) is 29.0. The third kappa shape index (κ3) is 4.76. The predicted molar refractivity (Wildman–Crippen MR) is 122 cm³/mol. The van der Waals surface area contributed by atoms with Crippen molar-refractivity contribution in [3.63, 3.8) is 0 Å². The number of hydrogen-bond donors (Lipinski definition) is 0. The van der Waals surface area contributed by atoms with E-state index in [1.807, 2.05) is 0 Å². The van der Waals surface area contributed by atoms with Crippen molar-refractivity contribution in [2.75, 3.05) is 39.3 Å². The van der Waals surface area contributed by atoms with Crippen LogP contribution in [0.15, 0.2) is 41.3 Å². The van der Waals surface area contributed by atoms with Gasteiger partial charge in [0.15, 0.2) is 0 Å². The Kier molecular flexibility index (Phi) is 6.74. The summed E-state index contributed by atoms with van der Waals surface area (Å²) in [6, 6.07) is 8.57. The van der Waals surface area contributed by atoms with Gasteiger partial charge in [-0.3, -0.25) is 9.59 Å². The molecule has 2 aromatic carbocycles. The van der Waals surface area contributed by atoms with E-state index in [-0.39, 0.29) is 59.0 Å². The van der Waals surface area contributed by atoms with Crippen LogP contribution in [0.3, 0.4) is 0 Å². The monoisotopic (exact) mass is 493 g/mol. The molecule has 0 radical (unpaired) electrons. The van der Waals surface area contributed by atoms with E-state index in [2.05, 4.69) is 0 Å². The molecule has 2 fully saturated rings. The molecule has 7 nitrogen and oxygen atoms in total. The fourth-order valence-corrected chi connectivity index (χ4v) is 5.84. The molecule has 0 atom stereocenters. The summed E-state index contributed by atoms with van der Waals surface area (Å²) in [7, 11) is -3.68. The minimum Gasteiger partial charge on any atom is -0.335 e. The van der Waals surface area contributed by atoms with E-state index < -0.39 is 15.8 Å². The summed E-state index contributed by atoms with van der Waals surface area (Å²) >= 11 is 6.25. The van der Waals surface area contributed by atoms with E-state index >= 15 is 0 Å². The zero-order chi connectivity index (χ0) is 23.8. The Morgan fingerprint density at radius 2 is 1.48 bits per heavy atom. The van der Waals surface area contributed by atoms with E-state index in [1.165, 1.54) is 28.6 Å². The molecule has 10 heteroatoms. The Hall–Kier alpha value is -2.49. The second kappa shape index (κ2) is 9.40. The first-order chi connectivity index (χ1) is 15.7. The van der Waals surface area contributed by atoms with E-state index in [1.54, 1.807) is 28.9 Å². The van der Waals surface area contributed by atoms with Gasteiger partial charge in [0, 0.05) is 44.8 Å². The summed E-state index contributed by atoms with van der Waals surface area (Å²) in [6.07, 6.45) is 1.63. The van der Waals surface area contributed by atoms with Gasteiger partial charge in [-0.05, 0) is 55.7 Å². The lowest BCUT2D eigenvalue weighted by Gasteiger charge is -2.35. The maximum atomic E-state index is 13.8. The largest absolute Gasteiger partial charge is 0.335 e. The first-order valence-corrected chi connectivity index (χ1v) is 12.6. The molecule has 0 aromatic heterocycles. The van der Waals surface area contributed by atoms with Crippen LogP contribution in [0.2, 0.25) is 5.02 Å². The maximum Gasteiger partial charge on any atom is 0.255 e. The van der Waals surface area contributed by atoms with Gasteiger partial charge in [0.2, 0.25) is 10.0 Å². The van der Waals surface area contributed by atoms with Crippen LogP contribution in [-0.4, -0.2) is 73.6 Å². The lowest BCUT2D eigenvalue weighted by atomic mass is 10.1. The molecule has 0 N–H and O–H groups in total. The van der Waals surface area contributed by atoms with Gasteiger partial charge in [0.1, 0.15) is 5.82 Å². The molecule has 0 saturated carbocycles. The number of halogens is 2. The van der Waals surface area contributed by atoms with Crippen molar-refractivity contribution in [2.45, 2.75) is 24.7 Å². The molecular formula is C23H25ClFN3O4S. The first-order valence-electron chi connectivity index (χ1n) is 10.8. The SMILES string of the molecule is Cc1ccc(C(=O)N2CCN(C(=O)c3cc(S(=O)(=O)N4CCCC4)ccc3Cl)CC2)cc1F. The Morgan fingerprint density at radius 3 is 2.09 bits per heavy atom. The fraction of sp³-hybridized carbons (Fsp3) is 0.391. The molecule has 33 heavy (non-hydrogen) atoms. The third-order valence-electron chi connectivity index (χ3n) is 6.14. The van der Waals surface area contributed by atoms with Crippen LogP contribution < -0.4 is 0 Å². The van der Waals surface area contributed by atoms with Crippen LogP contribution in [0, 0.1) is 12.7 Å². The van der Waals surface area contributed by atoms with Crippen molar-refractivity contribution in [1.82, 2.24) is 14.1 Å². The highest BCUT2D eigenvalue weighted by Gasteiger charge is 2.30. The summed E-state index contributed by atoms with van der Waals surface area (Å²) in [6.45, 7) is 3.65. The second-order valence-electron chi connectivity index (χ2n) is 8.30. The van der Waals surface area contributed by atoms with Gasteiger partial charge in [0.25, 0.3) is 11.8 Å². The molecule has 2 heterocycles. The average molecular weight is 494 g/mol. The lowest BCUT2D eigenvalue weighted by molar-refractivity contribution is 0.0535. The van der Waals surface area contributed by atoms with Gasteiger partial charge in [-0.15, -0.1) is 0 Å². The molecule has 2 aromatic rings. The van der Waals surface area contributed by atoms with Crippen molar-refractivity contribution in [2.24, 2.45) is 0 Å². The van der Waals surface area contributed by atoms with Crippen molar-refractivity contribution in [3.05, 3.63) is 63.9 Å². The Morgan fingerprint density at radius 1 is 0.879 bits per heavy atom. The summed E-state index contributed by atoms with van der Waals surface area (Å²) in [5, 5.41) is 0.175. The van der Waals surface area contributed by atoms with Crippen molar-refractivity contribution >= 4 is 33.4 Å². The molecule has 4 rings (SSSR count). The van der Waals surface area contributed by atoms with Crippen molar-refractivity contribution < 1.29 is 22.4 Å². The maximum absolute atomic E-state index is 13.8. The van der Waals surface area contributed by atoms with Crippen molar-refractivity contribution in [3.8, 4) is 0 Å². The van der Waals surface area contributed by atoms with Crippen molar-refractivity contribution in [1.29, 1.82) is 0 Å². The van der Waals surface area contributed by atoms with Crippen LogP contribution in [0.25, 0.3) is 0 Å². The van der Waals surface area contributed by atoms with E-state index in [4.69, 9.17) is 11.6 Å². The predicted octanol–water partition coefficient (Wildman–Crippen LogP) is 3.17. The average Bonchev–Trinajstić information content (AvgIpc) is 3.36. The number of amides is 2. The minimum absolute atomic E-state index is 0.0485. The van der Waals surface area contributed by atoms with Gasteiger partial charge in [-0.1, -0.05) is 17.7 Å². The van der Waals surface area contributed by atoms with Crippen LogP contribution >= 0.6 is 11.6 Å². The Balaban J connectivity index is 1.46. The normalized spacial score (nSPS) is 17.4. The van der Waals surface area contributed by atoms with Gasteiger partial charge in [-0.2, -0.15) is 4.31 Å². The van der Waals surface area contributed by atoms with Crippen LogP contribution in [0.4, 0.5) is 4.39 Å². The standard InChI is InChI=1S/C23H25ClFN3O4S/c1-16-4-5-17(14-21(16)25)22(29)26-10-12-27(13-11-26)23(30)19-15-18(6-7-20(19)24)33(31,32)28-8-2-3-9-28/h4-7,14-15H,2-3,8-13H2,1H3. The quantitative estimate of drug-likeness (QED) is 0.655. The topological polar surface area (TPSA) is 78.0 Å².